The number of likely N-dealkylation sites (tertiary alicyclic amines) is 1. The Balaban J connectivity index is 1.76. The van der Waals surface area contributed by atoms with Crippen molar-refractivity contribution in [1.82, 2.24) is 15.2 Å². The van der Waals surface area contributed by atoms with Crippen LogP contribution in [0.25, 0.3) is 0 Å². The van der Waals surface area contributed by atoms with E-state index in [0.29, 0.717) is 6.54 Å². The van der Waals surface area contributed by atoms with Crippen molar-refractivity contribution in [2.75, 3.05) is 19.6 Å². The highest BCUT2D eigenvalue weighted by atomic mass is 16.2. The zero-order valence-corrected chi connectivity index (χ0v) is 15.6. The highest BCUT2D eigenvalue weighted by molar-refractivity contribution is 5.80. The number of amides is 2. The predicted molar refractivity (Wildman–Crippen MR) is 104 cm³/mol. The summed E-state index contributed by atoms with van der Waals surface area (Å²) in [5, 5.41) is 3.20. The monoisotopic (exact) mass is 366 g/mol. The standard InChI is InChI=1S/C21H26N4O2/c1-15-4-6-16(7-5-15)20(17-8-10-23-11-9-17)24-21(27)18-3-2-12-25(13-18)14-19(22)26/h4-11,18,20H,2-3,12-14H2,1H3,(H2,22,26)(H,24,27). The molecule has 2 aromatic rings. The van der Waals surface area contributed by atoms with Gasteiger partial charge in [0.1, 0.15) is 0 Å². The molecule has 2 unspecified atom stereocenters. The SMILES string of the molecule is Cc1ccc(C(NC(=O)C2CCCN(CC(N)=O)C2)c2ccncc2)cc1. The van der Waals surface area contributed by atoms with Gasteiger partial charge in [-0.15, -0.1) is 0 Å². The van der Waals surface area contributed by atoms with Gasteiger partial charge in [-0.2, -0.15) is 0 Å². The summed E-state index contributed by atoms with van der Waals surface area (Å²) in [7, 11) is 0. The normalized spacial score (nSPS) is 18.6. The molecule has 1 aliphatic rings. The number of nitrogens with zero attached hydrogens (tertiary/aromatic N) is 2. The van der Waals surface area contributed by atoms with Crippen LogP contribution >= 0.6 is 0 Å². The van der Waals surface area contributed by atoms with Gasteiger partial charge in [0, 0.05) is 18.9 Å². The first-order chi connectivity index (χ1) is 13.0. The van der Waals surface area contributed by atoms with Crippen molar-refractivity contribution < 1.29 is 9.59 Å². The van der Waals surface area contributed by atoms with Crippen molar-refractivity contribution in [2.24, 2.45) is 11.7 Å². The minimum atomic E-state index is -0.356. The molecule has 142 valence electrons. The van der Waals surface area contributed by atoms with Crippen LogP contribution in [0.2, 0.25) is 0 Å². The highest BCUT2D eigenvalue weighted by Crippen LogP contribution is 2.24. The third-order valence-electron chi connectivity index (χ3n) is 4.99. The maximum atomic E-state index is 13.0. The van der Waals surface area contributed by atoms with Gasteiger partial charge in [-0.05, 0) is 49.6 Å². The van der Waals surface area contributed by atoms with Gasteiger partial charge in [0.2, 0.25) is 11.8 Å². The molecule has 0 bridgehead atoms. The van der Waals surface area contributed by atoms with Crippen LogP contribution < -0.4 is 11.1 Å². The molecule has 6 nitrogen and oxygen atoms in total. The summed E-state index contributed by atoms with van der Waals surface area (Å²) in [4.78, 5) is 30.2. The summed E-state index contributed by atoms with van der Waals surface area (Å²) in [6.07, 6.45) is 5.17. The zero-order valence-electron chi connectivity index (χ0n) is 15.6. The first kappa shape index (κ1) is 19.0. The third-order valence-corrected chi connectivity index (χ3v) is 4.99. The fourth-order valence-electron chi connectivity index (χ4n) is 3.57. The molecule has 0 saturated carbocycles. The lowest BCUT2D eigenvalue weighted by Crippen LogP contribution is -2.46. The number of aryl methyl sites for hydroxylation is 1. The molecule has 2 heterocycles. The fourth-order valence-corrected chi connectivity index (χ4v) is 3.57. The Bertz CT molecular complexity index is 777. The zero-order chi connectivity index (χ0) is 19.2. The topological polar surface area (TPSA) is 88.3 Å². The number of pyridine rings is 1. The summed E-state index contributed by atoms with van der Waals surface area (Å²) in [6.45, 7) is 3.61. The molecule has 27 heavy (non-hydrogen) atoms. The van der Waals surface area contributed by atoms with Gasteiger partial charge in [-0.1, -0.05) is 29.8 Å². The molecule has 1 aliphatic heterocycles. The summed E-state index contributed by atoms with van der Waals surface area (Å²) in [6, 6.07) is 11.8. The van der Waals surface area contributed by atoms with Crippen molar-refractivity contribution >= 4 is 11.8 Å². The molecule has 0 radical (unpaired) electrons. The van der Waals surface area contributed by atoms with E-state index < -0.39 is 0 Å². The summed E-state index contributed by atoms with van der Waals surface area (Å²) < 4.78 is 0. The van der Waals surface area contributed by atoms with Crippen molar-refractivity contribution in [3.05, 3.63) is 65.5 Å². The Morgan fingerprint density at radius 1 is 1.19 bits per heavy atom. The van der Waals surface area contributed by atoms with Gasteiger partial charge < -0.3 is 11.1 Å². The number of benzene rings is 1. The molecular formula is C21H26N4O2. The van der Waals surface area contributed by atoms with E-state index in [9.17, 15) is 9.59 Å². The Morgan fingerprint density at radius 3 is 2.52 bits per heavy atom. The van der Waals surface area contributed by atoms with E-state index in [1.54, 1.807) is 12.4 Å². The molecule has 1 aromatic carbocycles. The lowest BCUT2D eigenvalue weighted by atomic mass is 9.94. The maximum absolute atomic E-state index is 13.0. The third kappa shape index (κ3) is 5.14. The Hall–Kier alpha value is -2.73. The van der Waals surface area contributed by atoms with Crippen LogP contribution in [0.5, 0.6) is 0 Å². The highest BCUT2D eigenvalue weighted by Gasteiger charge is 2.28. The van der Waals surface area contributed by atoms with Gasteiger partial charge in [0.05, 0.1) is 18.5 Å². The van der Waals surface area contributed by atoms with Crippen LogP contribution in [-0.4, -0.2) is 41.3 Å². The molecule has 2 amide bonds. The number of carbonyl (C=O) groups is 2. The molecule has 0 spiro atoms. The van der Waals surface area contributed by atoms with Crippen molar-refractivity contribution in [1.29, 1.82) is 0 Å². The van der Waals surface area contributed by atoms with E-state index in [1.807, 2.05) is 48.2 Å². The molecular weight excluding hydrogens is 340 g/mol. The van der Waals surface area contributed by atoms with E-state index >= 15 is 0 Å². The largest absolute Gasteiger partial charge is 0.369 e. The number of rotatable bonds is 6. The first-order valence-electron chi connectivity index (χ1n) is 9.30. The van der Waals surface area contributed by atoms with Crippen LogP contribution in [0.3, 0.4) is 0 Å². The first-order valence-corrected chi connectivity index (χ1v) is 9.30. The molecule has 3 rings (SSSR count). The number of carbonyl (C=O) groups excluding carboxylic acids is 2. The van der Waals surface area contributed by atoms with Gasteiger partial charge >= 0.3 is 0 Å². The van der Waals surface area contributed by atoms with Crippen LogP contribution in [-0.2, 0) is 9.59 Å². The van der Waals surface area contributed by atoms with Gasteiger partial charge in [-0.3, -0.25) is 19.5 Å². The molecule has 1 aromatic heterocycles. The molecule has 1 fully saturated rings. The average molecular weight is 366 g/mol. The second kappa shape index (κ2) is 8.77. The Morgan fingerprint density at radius 2 is 1.85 bits per heavy atom. The van der Waals surface area contributed by atoms with Gasteiger partial charge in [0.25, 0.3) is 0 Å². The van der Waals surface area contributed by atoms with Crippen LogP contribution in [0.15, 0.2) is 48.8 Å². The fraction of sp³-hybridized carbons (Fsp3) is 0.381. The maximum Gasteiger partial charge on any atom is 0.231 e. The minimum Gasteiger partial charge on any atom is -0.369 e. The minimum absolute atomic E-state index is 0.00607. The molecule has 6 heteroatoms. The summed E-state index contributed by atoms with van der Waals surface area (Å²) in [5.41, 5.74) is 8.50. The van der Waals surface area contributed by atoms with Crippen LogP contribution in [0, 0.1) is 12.8 Å². The average Bonchev–Trinajstić information content (AvgIpc) is 2.67. The van der Waals surface area contributed by atoms with Gasteiger partial charge in [0.15, 0.2) is 0 Å². The van der Waals surface area contributed by atoms with Crippen molar-refractivity contribution in [3.63, 3.8) is 0 Å². The van der Waals surface area contributed by atoms with E-state index in [1.165, 1.54) is 5.56 Å². The van der Waals surface area contributed by atoms with Crippen LogP contribution in [0.1, 0.15) is 35.6 Å². The number of primary amides is 1. The van der Waals surface area contributed by atoms with Crippen molar-refractivity contribution in [3.8, 4) is 0 Å². The number of aromatic nitrogens is 1. The molecule has 1 saturated heterocycles. The van der Waals surface area contributed by atoms with E-state index in [2.05, 4.69) is 10.3 Å². The predicted octanol–water partition coefficient (Wildman–Crippen LogP) is 1.79. The van der Waals surface area contributed by atoms with Gasteiger partial charge in [-0.25, -0.2) is 0 Å². The van der Waals surface area contributed by atoms with E-state index in [4.69, 9.17) is 5.73 Å². The number of nitrogens with two attached hydrogens (primary N) is 1. The second-order valence-electron chi connectivity index (χ2n) is 7.17. The van der Waals surface area contributed by atoms with E-state index in [-0.39, 0.29) is 30.3 Å². The number of piperidine rings is 1. The summed E-state index contributed by atoms with van der Waals surface area (Å²) >= 11 is 0. The number of hydrogen-bond donors (Lipinski definition) is 2. The smallest absolute Gasteiger partial charge is 0.231 e. The molecule has 0 aliphatic carbocycles. The lowest BCUT2D eigenvalue weighted by Gasteiger charge is -2.32. The quantitative estimate of drug-likeness (QED) is 0.816. The molecule has 2 atom stereocenters. The second-order valence-corrected chi connectivity index (χ2v) is 7.17. The Kier molecular flexibility index (Phi) is 6.19. The Labute approximate surface area is 159 Å². The summed E-state index contributed by atoms with van der Waals surface area (Å²) in [5.74, 6) is -0.496. The van der Waals surface area contributed by atoms with Crippen LogP contribution in [0.4, 0.5) is 0 Å². The lowest BCUT2D eigenvalue weighted by molar-refractivity contribution is -0.128. The number of hydrogen-bond acceptors (Lipinski definition) is 4. The molecule has 3 N–H and O–H groups in total. The number of nitrogens with one attached hydrogen (secondary N) is 1. The van der Waals surface area contributed by atoms with E-state index in [0.717, 1.165) is 30.5 Å². The van der Waals surface area contributed by atoms with Crippen molar-refractivity contribution in [2.45, 2.75) is 25.8 Å².